The lowest BCUT2D eigenvalue weighted by molar-refractivity contribution is -0.915. The van der Waals surface area contributed by atoms with Gasteiger partial charge in [-0.2, -0.15) is 0 Å². The molecule has 0 aliphatic carbocycles. The molecule has 28 heavy (non-hydrogen) atoms. The number of carbonyl (C=O) groups is 3. The first-order valence-electron chi connectivity index (χ1n) is 9.39. The molecule has 1 N–H and O–H groups in total. The lowest BCUT2D eigenvalue weighted by Crippen LogP contribution is -3.19. The van der Waals surface area contributed by atoms with Crippen LogP contribution in [0.4, 0.5) is 11.6 Å². The van der Waals surface area contributed by atoms with E-state index < -0.39 is 0 Å². The Kier molecular flexibility index (Phi) is 4.87. The molecule has 2 aromatic rings. The summed E-state index contributed by atoms with van der Waals surface area (Å²) in [4.78, 5) is 50.0. The fourth-order valence-electron chi connectivity index (χ4n) is 3.86. The minimum Gasteiger partial charge on any atom is -0.330 e. The zero-order valence-electron chi connectivity index (χ0n) is 15.7. The minimum atomic E-state index is -0.362. The lowest BCUT2D eigenvalue weighted by Gasteiger charge is -2.34. The Balaban J connectivity index is 1.44. The van der Waals surface area contributed by atoms with Gasteiger partial charge in [-0.25, -0.2) is 14.9 Å². The predicted octanol–water partition coefficient (Wildman–Crippen LogP) is -0.284. The van der Waals surface area contributed by atoms with Gasteiger partial charge in [-0.15, -0.1) is 0 Å². The van der Waals surface area contributed by atoms with E-state index in [4.69, 9.17) is 0 Å². The number of imide groups is 1. The summed E-state index contributed by atoms with van der Waals surface area (Å²) in [5.74, 6) is 0.294. The number of aromatic nitrogens is 2. The fourth-order valence-corrected chi connectivity index (χ4v) is 3.86. The molecule has 0 radical (unpaired) electrons. The molecular weight excluding hydrogens is 358 g/mol. The number of benzene rings is 1. The number of carbonyl (C=O) groups excluding carboxylic acids is 3. The van der Waals surface area contributed by atoms with Crippen molar-refractivity contribution in [2.45, 2.75) is 19.4 Å². The molecule has 0 spiro atoms. The van der Waals surface area contributed by atoms with E-state index in [0.29, 0.717) is 17.2 Å². The molecule has 2 saturated heterocycles. The van der Waals surface area contributed by atoms with Crippen LogP contribution in [0.1, 0.15) is 23.7 Å². The van der Waals surface area contributed by atoms with Gasteiger partial charge in [0.1, 0.15) is 0 Å². The van der Waals surface area contributed by atoms with Gasteiger partial charge < -0.3 is 9.80 Å². The highest BCUT2D eigenvalue weighted by Gasteiger charge is 2.46. The van der Waals surface area contributed by atoms with Gasteiger partial charge in [0.15, 0.2) is 11.8 Å². The first-order chi connectivity index (χ1) is 13.5. The molecule has 3 heterocycles. The molecule has 1 atom stereocenters. The third kappa shape index (κ3) is 3.38. The summed E-state index contributed by atoms with van der Waals surface area (Å²) >= 11 is 0. The van der Waals surface area contributed by atoms with Crippen molar-refractivity contribution in [2.75, 3.05) is 36.0 Å². The molecule has 1 aromatic heterocycles. The van der Waals surface area contributed by atoms with Crippen molar-refractivity contribution in [2.24, 2.45) is 0 Å². The van der Waals surface area contributed by atoms with Crippen LogP contribution in [-0.4, -0.2) is 59.8 Å². The Morgan fingerprint density at radius 2 is 1.71 bits per heavy atom. The Morgan fingerprint density at radius 3 is 2.32 bits per heavy atom. The second kappa shape index (κ2) is 7.47. The standard InChI is InChI=1S/C20H21N5O3/c1-14(26)15-3-5-16(6-4-15)25-18(27)13-17(19(25)28)23-9-11-24(12-10-23)20-21-7-2-8-22-20/h2-8,17H,9-13H2,1H3/p+1/t17-/m0/s1. The van der Waals surface area contributed by atoms with Crippen LogP contribution in [0.3, 0.4) is 0 Å². The van der Waals surface area contributed by atoms with Crippen LogP contribution >= 0.6 is 0 Å². The molecule has 0 bridgehead atoms. The average molecular weight is 380 g/mol. The molecule has 2 amide bonds. The molecule has 2 aliphatic rings. The number of piperazine rings is 1. The highest BCUT2D eigenvalue weighted by Crippen LogP contribution is 2.22. The molecule has 0 saturated carbocycles. The normalized spacial score (nSPS) is 20.7. The molecule has 4 rings (SSSR count). The lowest BCUT2D eigenvalue weighted by atomic mass is 10.1. The summed E-state index contributed by atoms with van der Waals surface area (Å²) in [5.41, 5.74) is 1.09. The number of ketones is 1. The van der Waals surface area contributed by atoms with Crippen LogP contribution in [0, 0.1) is 0 Å². The van der Waals surface area contributed by atoms with Crippen molar-refractivity contribution < 1.29 is 19.3 Å². The van der Waals surface area contributed by atoms with Gasteiger partial charge >= 0.3 is 0 Å². The first kappa shape index (κ1) is 18.2. The van der Waals surface area contributed by atoms with E-state index in [0.717, 1.165) is 31.1 Å². The number of rotatable bonds is 4. The van der Waals surface area contributed by atoms with E-state index in [1.165, 1.54) is 11.8 Å². The van der Waals surface area contributed by atoms with Crippen LogP contribution < -0.4 is 14.7 Å². The third-order valence-electron chi connectivity index (χ3n) is 5.41. The quantitative estimate of drug-likeness (QED) is 0.580. The number of Topliss-reactive ketones (excluding diaryl/α,β-unsaturated/α-hetero) is 1. The van der Waals surface area contributed by atoms with E-state index in [9.17, 15) is 14.4 Å². The van der Waals surface area contributed by atoms with Crippen LogP contribution in [0.5, 0.6) is 0 Å². The smallest absolute Gasteiger partial charge is 0.292 e. The maximum atomic E-state index is 13.0. The van der Waals surface area contributed by atoms with Gasteiger partial charge in [-0.05, 0) is 37.3 Å². The van der Waals surface area contributed by atoms with Crippen LogP contribution in [0.25, 0.3) is 0 Å². The minimum absolute atomic E-state index is 0.0480. The van der Waals surface area contributed by atoms with Crippen molar-refractivity contribution in [3.8, 4) is 0 Å². The maximum Gasteiger partial charge on any atom is 0.292 e. The van der Waals surface area contributed by atoms with Crippen LogP contribution in [-0.2, 0) is 9.59 Å². The van der Waals surface area contributed by atoms with E-state index in [2.05, 4.69) is 14.9 Å². The summed E-state index contributed by atoms with van der Waals surface area (Å²) in [5, 5.41) is 0. The van der Waals surface area contributed by atoms with Crippen LogP contribution in [0.15, 0.2) is 42.7 Å². The number of anilines is 2. The zero-order chi connectivity index (χ0) is 19.7. The number of quaternary nitrogens is 1. The molecule has 0 unspecified atom stereocenters. The topological polar surface area (TPSA) is 87.9 Å². The average Bonchev–Trinajstić information content (AvgIpc) is 3.03. The number of hydrogen-bond donors (Lipinski definition) is 1. The number of hydrogen-bond acceptors (Lipinski definition) is 6. The van der Waals surface area contributed by atoms with E-state index in [-0.39, 0.29) is 30.1 Å². The van der Waals surface area contributed by atoms with Gasteiger partial charge in [-0.1, -0.05) is 0 Å². The van der Waals surface area contributed by atoms with Crippen molar-refractivity contribution in [3.05, 3.63) is 48.3 Å². The summed E-state index contributed by atoms with van der Waals surface area (Å²) in [6, 6.07) is 8.04. The summed E-state index contributed by atoms with van der Waals surface area (Å²) in [6.07, 6.45) is 3.65. The first-order valence-corrected chi connectivity index (χ1v) is 9.39. The van der Waals surface area contributed by atoms with Crippen molar-refractivity contribution in [3.63, 3.8) is 0 Å². The second-order valence-corrected chi connectivity index (χ2v) is 7.12. The monoisotopic (exact) mass is 380 g/mol. The van der Waals surface area contributed by atoms with E-state index in [1.807, 2.05) is 0 Å². The summed E-state index contributed by atoms with van der Waals surface area (Å²) in [7, 11) is 0. The second-order valence-electron chi connectivity index (χ2n) is 7.12. The van der Waals surface area contributed by atoms with Gasteiger partial charge in [0.05, 0.1) is 38.3 Å². The number of nitrogens with one attached hydrogen (secondary N) is 1. The molecular formula is C20H22N5O3+. The number of amides is 2. The maximum absolute atomic E-state index is 13.0. The van der Waals surface area contributed by atoms with E-state index in [1.54, 1.807) is 42.7 Å². The largest absolute Gasteiger partial charge is 0.330 e. The SMILES string of the molecule is CC(=O)c1ccc(N2C(=O)C[C@H]([NH+]3CCN(c4ncccn4)CC3)C2=O)cc1. The summed E-state index contributed by atoms with van der Waals surface area (Å²) < 4.78 is 0. The zero-order valence-corrected chi connectivity index (χ0v) is 15.7. The third-order valence-corrected chi connectivity index (χ3v) is 5.41. The molecule has 8 heteroatoms. The highest BCUT2D eigenvalue weighted by atomic mass is 16.2. The fraction of sp³-hybridized carbons (Fsp3) is 0.350. The molecule has 2 fully saturated rings. The molecule has 1 aromatic carbocycles. The van der Waals surface area contributed by atoms with Crippen LogP contribution in [0.2, 0.25) is 0 Å². The van der Waals surface area contributed by atoms with Gasteiger partial charge in [-0.3, -0.25) is 14.4 Å². The molecule has 144 valence electrons. The van der Waals surface area contributed by atoms with Crippen molar-refractivity contribution in [1.29, 1.82) is 0 Å². The van der Waals surface area contributed by atoms with Gasteiger partial charge in [0.25, 0.3) is 5.91 Å². The number of nitrogens with zero attached hydrogens (tertiary/aromatic N) is 4. The Bertz CT molecular complexity index is 892. The van der Waals surface area contributed by atoms with Crippen molar-refractivity contribution in [1.82, 2.24) is 9.97 Å². The highest BCUT2D eigenvalue weighted by molar-refractivity contribution is 6.22. The summed E-state index contributed by atoms with van der Waals surface area (Å²) in [6.45, 7) is 4.47. The Labute approximate surface area is 162 Å². The van der Waals surface area contributed by atoms with Gasteiger partial charge in [0.2, 0.25) is 11.9 Å². The van der Waals surface area contributed by atoms with E-state index >= 15 is 0 Å². The predicted molar refractivity (Wildman–Crippen MR) is 102 cm³/mol. The molecule has 2 aliphatic heterocycles. The molecule has 8 nitrogen and oxygen atoms in total. The Hall–Kier alpha value is -3.13. The van der Waals surface area contributed by atoms with Gasteiger partial charge in [0, 0.05) is 18.0 Å². The Morgan fingerprint density at radius 1 is 1.07 bits per heavy atom. The van der Waals surface area contributed by atoms with Crippen molar-refractivity contribution >= 4 is 29.2 Å².